The van der Waals surface area contributed by atoms with E-state index in [4.69, 9.17) is 11.6 Å². The lowest BCUT2D eigenvalue weighted by Crippen LogP contribution is -2.16. The molecule has 0 aliphatic heterocycles. The number of benzene rings is 2. The molecule has 1 atom stereocenters. The summed E-state index contributed by atoms with van der Waals surface area (Å²) in [7, 11) is 0. The number of nitriles is 1. The van der Waals surface area contributed by atoms with Crippen LogP contribution < -0.4 is 0 Å². The Morgan fingerprint density at radius 1 is 1.17 bits per heavy atom. The van der Waals surface area contributed by atoms with Crippen LogP contribution in [0, 0.1) is 18.3 Å². The first-order chi connectivity index (χ1) is 11.6. The van der Waals surface area contributed by atoms with E-state index in [-0.39, 0.29) is 11.6 Å². The van der Waals surface area contributed by atoms with Crippen molar-refractivity contribution in [1.29, 1.82) is 5.26 Å². The van der Waals surface area contributed by atoms with Crippen molar-refractivity contribution in [1.82, 2.24) is 20.2 Å². The van der Waals surface area contributed by atoms with Crippen LogP contribution in [-0.2, 0) is 0 Å². The van der Waals surface area contributed by atoms with Gasteiger partial charge in [0.2, 0.25) is 0 Å². The lowest BCUT2D eigenvalue weighted by atomic mass is 9.98. The minimum atomic E-state index is -1.11. The van der Waals surface area contributed by atoms with Gasteiger partial charge < -0.3 is 0 Å². The Balaban J connectivity index is 1.99. The molecule has 2 aromatic carbocycles. The summed E-state index contributed by atoms with van der Waals surface area (Å²) in [5.41, 5.74) is 2.15. The summed E-state index contributed by atoms with van der Waals surface area (Å²) in [6.07, 6.45) is 0. The number of halogens is 1. The Hall–Kier alpha value is -3.04. The smallest absolute Gasteiger partial charge is 0.187 e. The zero-order chi connectivity index (χ0) is 17.1. The number of tetrazole rings is 1. The number of hydrogen-bond acceptors (Lipinski definition) is 5. The molecule has 1 aromatic heterocycles. The third kappa shape index (κ3) is 3.03. The highest BCUT2D eigenvalue weighted by Crippen LogP contribution is 2.22. The zero-order valence-corrected chi connectivity index (χ0v) is 13.5. The Morgan fingerprint density at radius 2 is 1.83 bits per heavy atom. The van der Waals surface area contributed by atoms with Crippen molar-refractivity contribution in [3.63, 3.8) is 0 Å². The molecule has 7 heteroatoms. The molecule has 118 valence electrons. The van der Waals surface area contributed by atoms with Crippen molar-refractivity contribution in [3.05, 3.63) is 70.5 Å². The highest BCUT2D eigenvalue weighted by Gasteiger charge is 2.28. The minimum Gasteiger partial charge on any atom is -0.292 e. The monoisotopic (exact) mass is 337 g/mol. The molecule has 0 aliphatic carbocycles. The lowest BCUT2D eigenvalue weighted by Gasteiger charge is -2.09. The van der Waals surface area contributed by atoms with E-state index in [9.17, 15) is 10.1 Å². The number of aryl methyl sites for hydroxylation is 1. The standard InChI is InChI=1S/C17H12ClN5O/c1-11-2-8-14(9-3-11)23-17(20-21-22-23)15(10-19)16(24)12-4-6-13(18)7-5-12/h2-9,15H,1H3/t15-/m0/s1. The molecule has 24 heavy (non-hydrogen) atoms. The van der Waals surface area contributed by atoms with Gasteiger partial charge in [-0.1, -0.05) is 29.3 Å². The molecule has 1 heterocycles. The van der Waals surface area contributed by atoms with E-state index >= 15 is 0 Å². The van der Waals surface area contributed by atoms with Crippen LogP contribution in [-0.4, -0.2) is 26.0 Å². The molecule has 0 bridgehead atoms. The van der Waals surface area contributed by atoms with E-state index in [2.05, 4.69) is 15.5 Å². The summed E-state index contributed by atoms with van der Waals surface area (Å²) in [5, 5.41) is 21.4. The number of ketones is 1. The normalized spacial score (nSPS) is 11.7. The van der Waals surface area contributed by atoms with Gasteiger partial charge in [0.1, 0.15) is 0 Å². The molecule has 0 saturated carbocycles. The van der Waals surface area contributed by atoms with Gasteiger partial charge >= 0.3 is 0 Å². The number of aromatic nitrogens is 4. The van der Waals surface area contributed by atoms with Crippen LogP contribution >= 0.6 is 11.6 Å². The van der Waals surface area contributed by atoms with Gasteiger partial charge in [-0.2, -0.15) is 9.94 Å². The summed E-state index contributed by atoms with van der Waals surface area (Å²) in [5.74, 6) is -1.30. The predicted molar refractivity (Wildman–Crippen MR) is 88.0 cm³/mol. The van der Waals surface area contributed by atoms with Crippen molar-refractivity contribution in [2.45, 2.75) is 12.8 Å². The molecule has 0 radical (unpaired) electrons. The van der Waals surface area contributed by atoms with Gasteiger partial charge in [0.25, 0.3) is 0 Å². The third-order valence-electron chi connectivity index (χ3n) is 3.55. The lowest BCUT2D eigenvalue weighted by molar-refractivity contribution is 0.0975. The number of nitrogens with zero attached hydrogens (tertiary/aromatic N) is 5. The summed E-state index contributed by atoms with van der Waals surface area (Å²) in [6.45, 7) is 1.96. The Bertz CT molecular complexity index is 909. The van der Waals surface area contributed by atoms with E-state index in [0.717, 1.165) is 5.56 Å². The van der Waals surface area contributed by atoms with Crippen LogP contribution in [0.1, 0.15) is 27.7 Å². The largest absolute Gasteiger partial charge is 0.292 e. The fourth-order valence-electron chi connectivity index (χ4n) is 2.26. The maximum Gasteiger partial charge on any atom is 0.187 e. The first kappa shape index (κ1) is 15.8. The van der Waals surface area contributed by atoms with Crippen molar-refractivity contribution in [2.24, 2.45) is 0 Å². The van der Waals surface area contributed by atoms with Gasteiger partial charge in [0.15, 0.2) is 17.5 Å². The average molecular weight is 338 g/mol. The molecule has 0 saturated heterocycles. The second-order valence-electron chi connectivity index (χ2n) is 5.22. The second kappa shape index (κ2) is 6.60. The number of carbonyl (C=O) groups is 1. The molecule has 0 fully saturated rings. The highest BCUT2D eigenvalue weighted by atomic mass is 35.5. The summed E-state index contributed by atoms with van der Waals surface area (Å²) >= 11 is 5.83. The van der Waals surface area contributed by atoms with Gasteiger partial charge in [-0.3, -0.25) is 4.79 Å². The van der Waals surface area contributed by atoms with Crippen LogP contribution in [0.3, 0.4) is 0 Å². The minimum absolute atomic E-state index is 0.182. The fourth-order valence-corrected chi connectivity index (χ4v) is 2.38. The molecule has 3 rings (SSSR count). The van der Waals surface area contributed by atoms with Crippen LogP contribution in [0.2, 0.25) is 5.02 Å². The Morgan fingerprint density at radius 3 is 2.46 bits per heavy atom. The first-order valence-corrected chi connectivity index (χ1v) is 7.52. The SMILES string of the molecule is Cc1ccc(-n2nnnc2[C@@H](C#N)C(=O)c2ccc(Cl)cc2)cc1. The number of rotatable bonds is 4. The van der Waals surface area contributed by atoms with Crippen LogP contribution in [0.4, 0.5) is 0 Å². The molecular weight excluding hydrogens is 326 g/mol. The van der Waals surface area contributed by atoms with Crippen molar-refractivity contribution < 1.29 is 4.79 Å². The topological polar surface area (TPSA) is 84.5 Å². The molecule has 0 aliphatic rings. The molecule has 0 amide bonds. The molecule has 6 nitrogen and oxygen atoms in total. The highest BCUT2D eigenvalue weighted by molar-refractivity contribution is 6.30. The molecule has 3 aromatic rings. The maximum atomic E-state index is 12.6. The fraction of sp³-hybridized carbons (Fsp3) is 0.118. The van der Waals surface area contributed by atoms with Gasteiger partial charge in [-0.05, 0) is 53.7 Å². The Labute approximate surface area is 143 Å². The van der Waals surface area contributed by atoms with Crippen LogP contribution in [0.25, 0.3) is 5.69 Å². The van der Waals surface area contributed by atoms with Crippen LogP contribution in [0.15, 0.2) is 48.5 Å². The van der Waals surface area contributed by atoms with E-state index in [1.54, 1.807) is 24.3 Å². The first-order valence-electron chi connectivity index (χ1n) is 7.15. The number of hydrogen-bond donors (Lipinski definition) is 0. The Kier molecular flexibility index (Phi) is 4.36. The average Bonchev–Trinajstić information content (AvgIpc) is 3.06. The zero-order valence-electron chi connectivity index (χ0n) is 12.7. The number of Topliss-reactive ketones (excluding diaryl/α,β-unsaturated/α-hetero) is 1. The summed E-state index contributed by atoms with van der Waals surface area (Å²) < 4.78 is 1.40. The van der Waals surface area contributed by atoms with Gasteiger partial charge in [0, 0.05) is 10.6 Å². The van der Waals surface area contributed by atoms with E-state index < -0.39 is 5.92 Å². The quantitative estimate of drug-likeness (QED) is 0.683. The molecule has 0 N–H and O–H groups in total. The van der Waals surface area contributed by atoms with E-state index in [1.807, 2.05) is 37.3 Å². The third-order valence-corrected chi connectivity index (χ3v) is 3.80. The van der Waals surface area contributed by atoms with Crippen molar-refractivity contribution in [3.8, 4) is 11.8 Å². The molecule has 0 spiro atoms. The van der Waals surface area contributed by atoms with Gasteiger partial charge in [0.05, 0.1) is 11.8 Å². The van der Waals surface area contributed by atoms with Crippen LogP contribution in [0.5, 0.6) is 0 Å². The predicted octanol–water partition coefficient (Wildman–Crippen LogP) is 3.11. The van der Waals surface area contributed by atoms with Gasteiger partial charge in [-0.25, -0.2) is 0 Å². The number of carbonyl (C=O) groups excluding carboxylic acids is 1. The van der Waals surface area contributed by atoms with E-state index in [0.29, 0.717) is 16.3 Å². The van der Waals surface area contributed by atoms with Crippen molar-refractivity contribution >= 4 is 17.4 Å². The maximum absolute atomic E-state index is 12.6. The van der Waals surface area contributed by atoms with Gasteiger partial charge in [-0.15, -0.1) is 5.10 Å². The second-order valence-corrected chi connectivity index (χ2v) is 5.65. The summed E-state index contributed by atoms with van der Waals surface area (Å²) in [6, 6.07) is 15.8. The molecule has 0 unspecified atom stereocenters. The molecular formula is C17H12ClN5O. The van der Waals surface area contributed by atoms with Crippen molar-refractivity contribution in [2.75, 3.05) is 0 Å². The summed E-state index contributed by atoms with van der Waals surface area (Å²) in [4.78, 5) is 12.6. The van der Waals surface area contributed by atoms with E-state index in [1.165, 1.54) is 4.68 Å².